The molecule has 2 fully saturated rings. The van der Waals surface area contributed by atoms with Crippen molar-refractivity contribution in [1.29, 1.82) is 0 Å². The lowest BCUT2D eigenvalue weighted by Crippen LogP contribution is -2.45. The van der Waals surface area contributed by atoms with Gasteiger partial charge in [-0.2, -0.15) is 0 Å². The van der Waals surface area contributed by atoms with E-state index in [-0.39, 0.29) is 17.5 Å². The Morgan fingerprint density at radius 1 is 0.882 bits per heavy atom. The molecule has 2 saturated heterocycles. The summed E-state index contributed by atoms with van der Waals surface area (Å²) in [6.45, 7) is 6.51. The maximum absolute atomic E-state index is 14.0. The molecule has 0 bridgehead atoms. The fraction of sp³-hybridized carbons (Fsp3) is 0.370. The van der Waals surface area contributed by atoms with Gasteiger partial charge in [0.15, 0.2) is 0 Å². The number of fused-ring (bicyclic) bond motifs is 1. The fourth-order valence-electron chi connectivity index (χ4n) is 4.87. The second-order valence-electron chi connectivity index (χ2n) is 9.02. The largest absolute Gasteiger partial charge is 0.507 e. The van der Waals surface area contributed by atoms with E-state index < -0.39 is 0 Å². The lowest BCUT2D eigenvalue weighted by molar-refractivity contribution is 0.0301. The second-order valence-corrected chi connectivity index (χ2v) is 9.02. The van der Waals surface area contributed by atoms with Crippen LogP contribution in [0, 0.1) is 5.82 Å². The molecular formula is C27H30FN3O3. The predicted octanol–water partition coefficient (Wildman–Crippen LogP) is 3.47. The predicted molar refractivity (Wildman–Crippen MR) is 129 cm³/mol. The monoisotopic (exact) mass is 463 g/mol. The molecule has 1 N–H and O–H groups in total. The highest BCUT2D eigenvalue weighted by Crippen LogP contribution is 2.33. The molecule has 0 aromatic heterocycles. The Morgan fingerprint density at radius 3 is 2.26 bits per heavy atom. The summed E-state index contributed by atoms with van der Waals surface area (Å²) in [7, 11) is 0. The first kappa shape index (κ1) is 22.8. The number of hydrogen-bond acceptors (Lipinski definition) is 5. The van der Waals surface area contributed by atoms with E-state index in [0.29, 0.717) is 50.5 Å². The lowest BCUT2D eigenvalue weighted by Gasteiger charge is -2.35. The third kappa shape index (κ3) is 4.78. The number of aromatic hydroxyl groups is 1. The van der Waals surface area contributed by atoms with Gasteiger partial charge in [0.2, 0.25) is 0 Å². The van der Waals surface area contributed by atoms with E-state index in [4.69, 9.17) is 4.74 Å². The average Bonchev–Trinajstić information content (AvgIpc) is 2.88. The SMILES string of the molecule is O=C(c1cc2ccccc2c(CN2CCN(Cc3ccccc3F)CC2)c1O)N1CCOCC1. The summed E-state index contributed by atoms with van der Waals surface area (Å²) in [6.07, 6.45) is 0. The van der Waals surface area contributed by atoms with Crippen LogP contribution in [0.1, 0.15) is 21.5 Å². The Hall–Kier alpha value is -3.00. The molecule has 3 aromatic carbocycles. The van der Waals surface area contributed by atoms with Crippen molar-refractivity contribution >= 4 is 16.7 Å². The summed E-state index contributed by atoms with van der Waals surface area (Å²) >= 11 is 0. The molecule has 34 heavy (non-hydrogen) atoms. The molecular weight excluding hydrogens is 433 g/mol. The fourth-order valence-corrected chi connectivity index (χ4v) is 4.87. The van der Waals surface area contributed by atoms with Gasteiger partial charge in [-0.25, -0.2) is 4.39 Å². The highest BCUT2D eigenvalue weighted by Gasteiger charge is 2.26. The van der Waals surface area contributed by atoms with Crippen molar-refractivity contribution in [2.75, 3.05) is 52.5 Å². The van der Waals surface area contributed by atoms with Crippen molar-refractivity contribution in [1.82, 2.24) is 14.7 Å². The molecule has 0 radical (unpaired) electrons. The summed E-state index contributed by atoms with van der Waals surface area (Å²) in [6, 6.07) is 16.6. The van der Waals surface area contributed by atoms with Crippen LogP contribution in [0.5, 0.6) is 5.75 Å². The first-order valence-electron chi connectivity index (χ1n) is 11.9. The Bertz CT molecular complexity index is 1170. The van der Waals surface area contributed by atoms with Crippen LogP contribution in [0.3, 0.4) is 0 Å². The van der Waals surface area contributed by atoms with Crippen LogP contribution in [0.2, 0.25) is 0 Å². The maximum atomic E-state index is 14.0. The number of phenolic OH excluding ortho intramolecular Hbond substituents is 1. The zero-order valence-corrected chi connectivity index (χ0v) is 19.3. The number of carbonyl (C=O) groups is 1. The third-order valence-electron chi connectivity index (χ3n) is 6.85. The number of nitrogens with zero attached hydrogens (tertiary/aromatic N) is 3. The maximum Gasteiger partial charge on any atom is 0.257 e. The van der Waals surface area contributed by atoms with Gasteiger partial charge in [-0.1, -0.05) is 42.5 Å². The third-order valence-corrected chi connectivity index (χ3v) is 6.85. The molecule has 0 saturated carbocycles. The summed E-state index contributed by atoms with van der Waals surface area (Å²) in [5, 5.41) is 13.2. The van der Waals surface area contributed by atoms with Crippen LogP contribution in [-0.2, 0) is 17.8 Å². The van der Waals surface area contributed by atoms with Crippen molar-refractivity contribution in [2.45, 2.75) is 13.1 Å². The number of ether oxygens (including phenoxy) is 1. The molecule has 2 aliphatic heterocycles. The molecule has 7 heteroatoms. The Morgan fingerprint density at radius 2 is 1.53 bits per heavy atom. The minimum Gasteiger partial charge on any atom is -0.507 e. The summed E-state index contributed by atoms with van der Waals surface area (Å²) in [4.78, 5) is 19.5. The molecule has 178 valence electrons. The summed E-state index contributed by atoms with van der Waals surface area (Å²) in [5.41, 5.74) is 1.86. The van der Waals surface area contributed by atoms with E-state index >= 15 is 0 Å². The van der Waals surface area contributed by atoms with E-state index in [1.54, 1.807) is 17.0 Å². The molecule has 0 unspecified atom stereocenters. The molecule has 3 aromatic rings. The van der Waals surface area contributed by atoms with Crippen LogP contribution < -0.4 is 0 Å². The van der Waals surface area contributed by atoms with E-state index in [9.17, 15) is 14.3 Å². The van der Waals surface area contributed by atoms with E-state index in [0.717, 1.165) is 42.5 Å². The number of rotatable bonds is 5. The van der Waals surface area contributed by atoms with Gasteiger partial charge in [0.1, 0.15) is 11.6 Å². The van der Waals surface area contributed by atoms with Crippen molar-refractivity contribution in [2.24, 2.45) is 0 Å². The van der Waals surface area contributed by atoms with Gasteiger partial charge >= 0.3 is 0 Å². The Balaban J connectivity index is 1.34. The average molecular weight is 464 g/mol. The second kappa shape index (κ2) is 10.1. The van der Waals surface area contributed by atoms with E-state index in [1.807, 2.05) is 36.4 Å². The van der Waals surface area contributed by atoms with Crippen molar-refractivity contribution in [3.63, 3.8) is 0 Å². The number of halogens is 1. The van der Waals surface area contributed by atoms with Crippen LogP contribution >= 0.6 is 0 Å². The van der Waals surface area contributed by atoms with Gasteiger partial charge in [-0.15, -0.1) is 0 Å². The normalized spacial score (nSPS) is 17.9. The molecule has 0 spiro atoms. The standard InChI is InChI=1S/C27H30FN3O3/c28-25-8-4-2-6-21(25)18-29-9-11-30(12-10-29)19-24-22-7-3-1-5-20(22)17-23(26(24)32)27(33)31-13-15-34-16-14-31/h1-8,17,32H,9-16,18-19H2. The topological polar surface area (TPSA) is 56.2 Å². The minimum atomic E-state index is -0.164. The quantitative estimate of drug-likeness (QED) is 0.628. The van der Waals surface area contributed by atoms with Crippen LogP contribution in [0.15, 0.2) is 54.6 Å². The zero-order valence-electron chi connectivity index (χ0n) is 19.3. The molecule has 2 aliphatic rings. The van der Waals surface area contributed by atoms with Gasteiger partial charge in [-0.3, -0.25) is 14.6 Å². The summed E-state index contributed by atoms with van der Waals surface area (Å²) in [5.74, 6) is -0.241. The van der Waals surface area contributed by atoms with Gasteiger partial charge in [-0.05, 0) is 22.9 Å². The first-order valence-corrected chi connectivity index (χ1v) is 11.9. The number of phenols is 1. The Kier molecular flexibility index (Phi) is 6.76. The highest BCUT2D eigenvalue weighted by atomic mass is 19.1. The molecule has 0 aliphatic carbocycles. The molecule has 6 nitrogen and oxygen atoms in total. The molecule has 5 rings (SSSR count). The smallest absolute Gasteiger partial charge is 0.257 e. The number of carbonyl (C=O) groups excluding carboxylic acids is 1. The van der Waals surface area contributed by atoms with Crippen LogP contribution in [0.25, 0.3) is 10.8 Å². The van der Waals surface area contributed by atoms with Gasteiger partial charge in [0.25, 0.3) is 5.91 Å². The van der Waals surface area contributed by atoms with Crippen LogP contribution in [-0.4, -0.2) is 78.2 Å². The summed E-state index contributed by atoms with van der Waals surface area (Å²) < 4.78 is 19.4. The van der Waals surface area contributed by atoms with Gasteiger partial charge in [0, 0.05) is 63.5 Å². The highest BCUT2D eigenvalue weighted by molar-refractivity contribution is 6.03. The Labute approximate surface area is 199 Å². The van der Waals surface area contributed by atoms with E-state index in [2.05, 4.69) is 9.80 Å². The number of morpholine rings is 1. The minimum absolute atomic E-state index is 0.0731. The van der Waals surface area contributed by atoms with Crippen LogP contribution in [0.4, 0.5) is 4.39 Å². The lowest BCUT2D eigenvalue weighted by atomic mass is 9.97. The van der Waals surface area contributed by atoms with Crippen molar-refractivity contribution in [3.8, 4) is 5.75 Å². The zero-order chi connectivity index (χ0) is 23.5. The van der Waals surface area contributed by atoms with Crippen molar-refractivity contribution in [3.05, 3.63) is 77.1 Å². The van der Waals surface area contributed by atoms with Gasteiger partial charge in [0.05, 0.1) is 18.8 Å². The van der Waals surface area contributed by atoms with Crippen molar-refractivity contribution < 1.29 is 19.0 Å². The van der Waals surface area contributed by atoms with Gasteiger partial charge < -0.3 is 14.7 Å². The number of piperazine rings is 1. The number of hydrogen-bond donors (Lipinski definition) is 1. The number of benzene rings is 3. The molecule has 0 atom stereocenters. The molecule has 2 heterocycles. The van der Waals surface area contributed by atoms with E-state index in [1.165, 1.54) is 6.07 Å². The molecule has 1 amide bonds. The first-order chi connectivity index (χ1) is 16.6. The number of amides is 1.